The van der Waals surface area contributed by atoms with Crippen LogP contribution in [-0.2, 0) is 5.33 Å². The number of rotatable bonds is 4. The lowest BCUT2D eigenvalue weighted by Crippen LogP contribution is -1.93. The summed E-state index contributed by atoms with van der Waals surface area (Å²) in [7, 11) is 0. The first kappa shape index (κ1) is 13.5. The number of nitro groups is 1. The lowest BCUT2D eigenvalue weighted by atomic mass is 10.2. The molecule has 2 aromatic carbocycles. The Morgan fingerprint density at radius 2 is 1.95 bits per heavy atom. The highest BCUT2D eigenvalue weighted by atomic mass is 79.9. The van der Waals surface area contributed by atoms with E-state index in [-0.39, 0.29) is 5.69 Å². The third kappa shape index (κ3) is 3.12. The Bertz CT molecular complexity index is 613. The Hall–Kier alpha value is -1.88. The van der Waals surface area contributed by atoms with Crippen LogP contribution in [-0.4, -0.2) is 4.92 Å². The van der Waals surface area contributed by atoms with E-state index in [9.17, 15) is 10.1 Å². The number of nitro benzene ring substituents is 1. The first-order valence-electron chi connectivity index (χ1n) is 5.68. The summed E-state index contributed by atoms with van der Waals surface area (Å²) in [6.07, 6.45) is 0. The van der Waals surface area contributed by atoms with Crippen LogP contribution in [0.25, 0.3) is 0 Å². The SMILES string of the molecule is Cc1cc([N+](=O)[O-])ccc1Oc1ccccc1CBr. The van der Waals surface area contributed by atoms with Gasteiger partial charge in [-0.05, 0) is 24.6 Å². The number of ether oxygens (including phenoxy) is 1. The summed E-state index contributed by atoms with van der Waals surface area (Å²) in [6.45, 7) is 1.79. The standard InChI is InChI=1S/C14H12BrNO3/c1-10-8-12(16(17)18)6-7-13(10)19-14-5-3-2-4-11(14)9-15/h2-8H,9H2,1H3. The van der Waals surface area contributed by atoms with Crippen molar-refractivity contribution in [2.24, 2.45) is 0 Å². The number of hydrogen-bond acceptors (Lipinski definition) is 3. The van der Waals surface area contributed by atoms with Crippen molar-refractivity contribution in [3.8, 4) is 11.5 Å². The van der Waals surface area contributed by atoms with Gasteiger partial charge in [-0.25, -0.2) is 0 Å². The molecule has 0 spiro atoms. The Morgan fingerprint density at radius 1 is 1.21 bits per heavy atom. The molecule has 0 bridgehead atoms. The minimum Gasteiger partial charge on any atom is -0.457 e. The molecular weight excluding hydrogens is 310 g/mol. The van der Waals surface area contributed by atoms with Gasteiger partial charge in [-0.3, -0.25) is 10.1 Å². The monoisotopic (exact) mass is 321 g/mol. The summed E-state index contributed by atoms with van der Waals surface area (Å²) in [5.41, 5.74) is 1.83. The van der Waals surface area contributed by atoms with Gasteiger partial charge in [-0.2, -0.15) is 0 Å². The molecule has 0 saturated heterocycles. The Morgan fingerprint density at radius 3 is 2.58 bits per heavy atom. The van der Waals surface area contributed by atoms with Gasteiger partial charge >= 0.3 is 0 Å². The summed E-state index contributed by atoms with van der Waals surface area (Å²) < 4.78 is 5.81. The molecule has 0 aliphatic carbocycles. The number of para-hydroxylation sites is 1. The molecule has 0 unspecified atom stereocenters. The van der Waals surface area contributed by atoms with E-state index in [1.807, 2.05) is 24.3 Å². The van der Waals surface area contributed by atoms with Gasteiger partial charge in [0.2, 0.25) is 0 Å². The second-order valence-corrected chi connectivity index (χ2v) is 4.61. The highest BCUT2D eigenvalue weighted by molar-refractivity contribution is 9.08. The van der Waals surface area contributed by atoms with Gasteiger partial charge in [-0.15, -0.1) is 0 Å². The third-order valence-corrected chi connectivity index (χ3v) is 3.31. The summed E-state index contributed by atoms with van der Waals surface area (Å²) in [4.78, 5) is 10.3. The van der Waals surface area contributed by atoms with Crippen molar-refractivity contribution in [2.45, 2.75) is 12.3 Å². The second kappa shape index (κ2) is 5.84. The molecule has 0 aromatic heterocycles. The van der Waals surface area contributed by atoms with Crippen LogP contribution in [0.5, 0.6) is 11.5 Å². The average molecular weight is 322 g/mol. The summed E-state index contributed by atoms with van der Waals surface area (Å²) in [6, 6.07) is 12.2. The molecule has 5 heteroatoms. The fourth-order valence-electron chi connectivity index (χ4n) is 1.69. The highest BCUT2D eigenvalue weighted by Gasteiger charge is 2.10. The largest absolute Gasteiger partial charge is 0.457 e. The van der Waals surface area contributed by atoms with E-state index in [0.717, 1.165) is 16.9 Å². The fraction of sp³-hybridized carbons (Fsp3) is 0.143. The Balaban J connectivity index is 2.31. The maximum Gasteiger partial charge on any atom is 0.269 e. The van der Waals surface area contributed by atoms with E-state index in [4.69, 9.17) is 4.74 Å². The van der Waals surface area contributed by atoms with Crippen LogP contribution in [0.15, 0.2) is 42.5 Å². The van der Waals surface area contributed by atoms with E-state index in [2.05, 4.69) is 15.9 Å². The van der Waals surface area contributed by atoms with Crippen molar-refractivity contribution in [3.05, 3.63) is 63.7 Å². The third-order valence-electron chi connectivity index (χ3n) is 2.71. The molecule has 0 aliphatic rings. The maximum absolute atomic E-state index is 10.7. The molecule has 0 N–H and O–H groups in total. The number of halogens is 1. The topological polar surface area (TPSA) is 52.4 Å². The van der Waals surface area contributed by atoms with Gasteiger partial charge in [0.25, 0.3) is 5.69 Å². The number of non-ortho nitro benzene ring substituents is 1. The molecule has 0 atom stereocenters. The Labute approximate surface area is 119 Å². The number of nitrogens with zero attached hydrogens (tertiary/aromatic N) is 1. The van der Waals surface area contributed by atoms with E-state index >= 15 is 0 Å². The van der Waals surface area contributed by atoms with Crippen LogP contribution in [0.3, 0.4) is 0 Å². The van der Waals surface area contributed by atoms with Crippen LogP contribution in [0.4, 0.5) is 5.69 Å². The zero-order chi connectivity index (χ0) is 13.8. The van der Waals surface area contributed by atoms with Crippen molar-refractivity contribution in [3.63, 3.8) is 0 Å². The molecule has 0 radical (unpaired) electrons. The van der Waals surface area contributed by atoms with Crippen molar-refractivity contribution >= 4 is 21.6 Å². The predicted molar refractivity (Wildman–Crippen MR) is 77.0 cm³/mol. The zero-order valence-corrected chi connectivity index (χ0v) is 11.9. The summed E-state index contributed by atoms with van der Waals surface area (Å²) in [5.74, 6) is 1.37. The summed E-state index contributed by atoms with van der Waals surface area (Å²) >= 11 is 3.40. The molecule has 2 aromatic rings. The molecule has 0 amide bonds. The van der Waals surface area contributed by atoms with Gasteiger partial charge in [0.05, 0.1) is 4.92 Å². The van der Waals surface area contributed by atoms with E-state index in [1.54, 1.807) is 13.0 Å². The zero-order valence-electron chi connectivity index (χ0n) is 10.3. The first-order valence-corrected chi connectivity index (χ1v) is 6.80. The van der Waals surface area contributed by atoms with Gasteiger partial charge in [0.1, 0.15) is 11.5 Å². The van der Waals surface area contributed by atoms with Crippen LogP contribution in [0.1, 0.15) is 11.1 Å². The lowest BCUT2D eigenvalue weighted by molar-refractivity contribution is -0.384. The van der Waals surface area contributed by atoms with Crippen LogP contribution in [0, 0.1) is 17.0 Å². The molecule has 0 heterocycles. The van der Waals surface area contributed by atoms with Crippen molar-refractivity contribution in [1.82, 2.24) is 0 Å². The smallest absolute Gasteiger partial charge is 0.269 e. The van der Waals surface area contributed by atoms with Crippen LogP contribution >= 0.6 is 15.9 Å². The van der Waals surface area contributed by atoms with Crippen molar-refractivity contribution < 1.29 is 9.66 Å². The fourth-order valence-corrected chi connectivity index (χ4v) is 2.16. The average Bonchev–Trinajstić information content (AvgIpc) is 2.41. The van der Waals surface area contributed by atoms with Gasteiger partial charge in [0, 0.05) is 23.0 Å². The normalized spacial score (nSPS) is 10.2. The Kier molecular flexibility index (Phi) is 4.16. The number of hydrogen-bond donors (Lipinski definition) is 0. The van der Waals surface area contributed by atoms with Gasteiger partial charge in [-0.1, -0.05) is 34.1 Å². The van der Waals surface area contributed by atoms with Crippen molar-refractivity contribution in [2.75, 3.05) is 0 Å². The molecule has 19 heavy (non-hydrogen) atoms. The minimum atomic E-state index is -0.413. The maximum atomic E-state index is 10.7. The van der Waals surface area contributed by atoms with E-state index in [1.165, 1.54) is 12.1 Å². The quantitative estimate of drug-likeness (QED) is 0.470. The molecule has 0 saturated carbocycles. The summed E-state index contributed by atoms with van der Waals surface area (Å²) in [5, 5.41) is 11.4. The predicted octanol–water partition coefficient (Wildman–Crippen LogP) is 4.59. The molecule has 0 fully saturated rings. The molecule has 98 valence electrons. The van der Waals surface area contributed by atoms with E-state index < -0.39 is 4.92 Å². The molecule has 2 rings (SSSR count). The first-order chi connectivity index (χ1) is 9.11. The number of aryl methyl sites for hydroxylation is 1. The van der Waals surface area contributed by atoms with E-state index in [0.29, 0.717) is 11.1 Å². The molecular formula is C14H12BrNO3. The number of alkyl halides is 1. The van der Waals surface area contributed by atoms with Crippen LogP contribution < -0.4 is 4.74 Å². The highest BCUT2D eigenvalue weighted by Crippen LogP contribution is 2.30. The number of benzene rings is 2. The van der Waals surface area contributed by atoms with Crippen molar-refractivity contribution in [1.29, 1.82) is 0 Å². The minimum absolute atomic E-state index is 0.0682. The van der Waals surface area contributed by atoms with Crippen LogP contribution in [0.2, 0.25) is 0 Å². The second-order valence-electron chi connectivity index (χ2n) is 4.05. The lowest BCUT2D eigenvalue weighted by Gasteiger charge is -2.11. The molecule has 0 aliphatic heterocycles. The van der Waals surface area contributed by atoms with Gasteiger partial charge in [0.15, 0.2) is 0 Å². The van der Waals surface area contributed by atoms with Gasteiger partial charge < -0.3 is 4.74 Å². The molecule has 4 nitrogen and oxygen atoms in total.